The second-order valence-corrected chi connectivity index (χ2v) is 7.02. The van der Waals surface area contributed by atoms with Crippen LogP contribution in [0.3, 0.4) is 0 Å². The van der Waals surface area contributed by atoms with E-state index in [0.717, 1.165) is 18.5 Å². The van der Waals surface area contributed by atoms with E-state index in [-0.39, 0.29) is 0 Å². The molecule has 3 atom stereocenters. The third-order valence-electron chi connectivity index (χ3n) is 4.45. The van der Waals surface area contributed by atoms with Gasteiger partial charge >= 0.3 is 0 Å². The summed E-state index contributed by atoms with van der Waals surface area (Å²) >= 11 is 1.87. The van der Waals surface area contributed by atoms with E-state index < -0.39 is 0 Å². The van der Waals surface area contributed by atoms with E-state index in [4.69, 9.17) is 0 Å². The highest BCUT2D eigenvalue weighted by atomic mass is 32.1. The Morgan fingerprint density at radius 2 is 2.26 bits per heavy atom. The summed E-state index contributed by atoms with van der Waals surface area (Å²) in [6.07, 6.45) is 6.93. The molecule has 2 nitrogen and oxygen atoms in total. The first-order chi connectivity index (χ1) is 9.20. The van der Waals surface area contributed by atoms with Crippen molar-refractivity contribution >= 4 is 11.3 Å². The highest BCUT2D eigenvalue weighted by Crippen LogP contribution is 2.28. The minimum absolute atomic E-state index is 0.516. The molecule has 19 heavy (non-hydrogen) atoms. The van der Waals surface area contributed by atoms with Crippen LogP contribution in [0.25, 0.3) is 0 Å². The van der Waals surface area contributed by atoms with Crippen molar-refractivity contribution in [3.05, 3.63) is 22.4 Å². The van der Waals surface area contributed by atoms with Crippen molar-refractivity contribution in [2.24, 2.45) is 5.92 Å². The van der Waals surface area contributed by atoms with Gasteiger partial charge in [-0.25, -0.2) is 0 Å². The van der Waals surface area contributed by atoms with Gasteiger partial charge in [0.15, 0.2) is 0 Å². The standard InChI is InChI=1S/C16H28N2S/c1-4-13-7-5-8-14(11-13)17-12-15(18(2)3)16-9-6-10-19-16/h6,9-10,13-15,17H,4-5,7-8,11-12H2,1-3H3. The predicted octanol–water partition coefficient (Wildman–Crippen LogP) is 3.91. The lowest BCUT2D eigenvalue weighted by atomic mass is 9.84. The van der Waals surface area contributed by atoms with Crippen LogP contribution in [-0.2, 0) is 0 Å². The molecule has 1 aliphatic carbocycles. The molecule has 1 fully saturated rings. The van der Waals surface area contributed by atoms with Crippen LogP contribution in [0.2, 0.25) is 0 Å². The number of hydrogen-bond acceptors (Lipinski definition) is 3. The van der Waals surface area contributed by atoms with Gasteiger partial charge < -0.3 is 10.2 Å². The summed E-state index contributed by atoms with van der Waals surface area (Å²) in [6, 6.07) is 5.67. The molecule has 2 rings (SSSR count). The Morgan fingerprint density at radius 1 is 1.42 bits per heavy atom. The van der Waals surface area contributed by atoms with Crippen LogP contribution in [0.15, 0.2) is 17.5 Å². The second-order valence-electron chi connectivity index (χ2n) is 6.04. The molecule has 0 saturated heterocycles. The fraction of sp³-hybridized carbons (Fsp3) is 0.750. The molecular formula is C16H28N2S. The summed E-state index contributed by atoms with van der Waals surface area (Å²) in [5.74, 6) is 0.950. The van der Waals surface area contributed by atoms with Gasteiger partial charge in [0.25, 0.3) is 0 Å². The molecule has 0 spiro atoms. The lowest BCUT2D eigenvalue weighted by molar-refractivity contribution is 0.241. The maximum atomic E-state index is 3.82. The summed E-state index contributed by atoms with van der Waals surface area (Å²) in [5, 5.41) is 6.00. The number of rotatable bonds is 6. The zero-order valence-corrected chi connectivity index (χ0v) is 13.4. The molecule has 1 heterocycles. The average molecular weight is 280 g/mol. The van der Waals surface area contributed by atoms with E-state index in [1.165, 1.54) is 37.0 Å². The number of likely N-dealkylation sites (N-methyl/N-ethyl adjacent to an activating group) is 1. The monoisotopic (exact) mass is 280 g/mol. The quantitative estimate of drug-likeness (QED) is 0.850. The minimum Gasteiger partial charge on any atom is -0.312 e. The minimum atomic E-state index is 0.516. The fourth-order valence-corrected chi connectivity index (χ4v) is 4.07. The maximum absolute atomic E-state index is 3.82. The molecule has 1 aromatic rings. The van der Waals surface area contributed by atoms with Crippen molar-refractivity contribution in [2.75, 3.05) is 20.6 Å². The smallest absolute Gasteiger partial charge is 0.0561 e. The van der Waals surface area contributed by atoms with Crippen molar-refractivity contribution in [1.82, 2.24) is 10.2 Å². The van der Waals surface area contributed by atoms with Crippen LogP contribution in [0.5, 0.6) is 0 Å². The first-order valence-electron chi connectivity index (χ1n) is 7.64. The van der Waals surface area contributed by atoms with Crippen molar-refractivity contribution in [2.45, 2.75) is 51.1 Å². The largest absolute Gasteiger partial charge is 0.312 e. The van der Waals surface area contributed by atoms with Crippen molar-refractivity contribution in [1.29, 1.82) is 0 Å². The number of nitrogens with one attached hydrogen (secondary N) is 1. The molecule has 0 radical (unpaired) electrons. The predicted molar refractivity (Wildman–Crippen MR) is 84.8 cm³/mol. The van der Waals surface area contributed by atoms with E-state index in [1.807, 2.05) is 11.3 Å². The van der Waals surface area contributed by atoms with Crippen LogP contribution in [0, 0.1) is 5.92 Å². The van der Waals surface area contributed by atoms with Crippen LogP contribution in [-0.4, -0.2) is 31.6 Å². The number of hydrogen-bond donors (Lipinski definition) is 1. The van der Waals surface area contributed by atoms with Crippen LogP contribution >= 0.6 is 11.3 Å². The normalized spacial score (nSPS) is 25.7. The van der Waals surface area contributed by atoms with Gasteiger partial charge in [-0.05, 0) is 44.3 Å². The van der Waals surface area contributed by atoms with Gasteiger partial charge in [-0.3, -0.25) is 0 Å². The first kappa shape index (κ1) is 15.0. The molecule has 3 unspecified atom stereocenters. The third kappa shape index (κ3) is 4.30. The van der Waals surface area contributed by atoms with E-state index >= 15 is 0 Å². The lowest BCUT2D eigenvalue weighted by Crippen LogP contribution is -2.39. The molecular weight excluding hydrogens is 252 g/mol. The summed E-state index contributed by atoms with van der Waals surface area (Å²) in [5.41, 5.74) is 0. The summed E-state index contributed by atoms with van der Waals surface area (Å²) in [4.78, 5) is 3.80. The van der Waals surface area contributed by atoms with Crippen molar-refractivity contribution in [3.8, 4) is 0 Å². The van der Waals surface area contributed by atoms with Gasteiger partial charge in [-0.2, -0.15) is 0 Å². The summed E-state index contributed by atoms with van der Waals surface area (Å²) in [7, 11) is 4.36. The molecule has 1 N–H and O–H groups in total. The molecule has 1 aliphatic rings. The van der Waals surface area contributed by atoms with Gasteiger partial charge in [0.1, 0.15) is 0 Å². The lowest BCUT2D eigenvalue weighted by Gasteiger charge is -2.32. The van der Waals surface area contributed by atoms with Gasteiger partial charge in [-0.15, -0.1) is 11.3 Å². The molecule has 3 heteroatoms. The zero-order valence-electron chi connectivity index (χ0n) is 12.6. The third-order valence-corrected chi connectivity index (χ3v) is 5.43. The summed E-state index contributed by atoms with van der Waals surface area (Å²) in [6.45, 7) is 3.41. The maximum Gasteiger partial charge on any atom is 0.0561 e. The Labute approximate surface area is 122 Å². The van der Waals surface area contributed by atoms with Gasteiger partial charge in [-0.1, -0.05) is 32.3 Å². The molecule has 0 aromatic carbocycles. The van der Waals surface area contributed by atoms with Gasteiger partial charge in [0.05, 0.1) is 6.04 Å². The van der Waals surface area contributed by atoms with E-state index in [9.17, 15) is 0 Å². The zero-order chi connectivity index (χ0) is 13.7. The van der Waals surface area contributed by atoms with Crippen LogP contribution < -0.4 is 5.32 Å². The SMILES string of the molecule is CCC1CCCC(NCC(c2cccs2)N(C)C)C1. The Morgan fingerprint density at radius 3 is 2.89 bits per heavy atom. The van der Waals surface area contributed by atoms with Crippen LogP contribution in [0.1, 0.15) is 49.9 Å². The Hall–Kier alpha value is -0.380. The van der Waals surface area contributed by atoms with Gasteiger partial charge in [0, 0.05) is 17.5 Å². The first-order valence-corrected chi connectivity index (χ1v) is 8.51. The highest BCUT2D eigenvalue weighted by Gasteiger charge is 2.22. The Balaban J connectivity index is 1.85. The Bertz CT molecular complexity index is 348. The van der Waals surface area contributed by atoms with Gasteiger partial charge in [0.2, 0.25) is 0 Å². The molecule has 0 bridgehead atoms. The van der Waals surface area contributed by atoms with E-state index in [1.54, 1.807) is 0 Å². The molecule has 1 saturated carbocycles. The fourth-order valence-electron chi connectivity index (χ4n) is 3.14. The molecule has 108 valence electrons. The molecule has 0 amide bonds. The van der Waals surface area contributed by atoms with Crippen LogP contribution in [0.4, 0.5) is 0 Å². The molecule has 0 aliphatic heterocycles. The Kier molecular flexibility index (Phi) is 5.86. The van der Waals surface area contributed by atoms with Crippen molar-refractivity contribution < 1.29 is 0 Å². The van der Waals surface area contributed by atoms with E-state index in [2.05, 4.69) is 48.7 Å². The number of nitrogens with zero attached hydrogens (tertiary/aromatic N) is 1. The highest BCUT2D eigenvalue weighted by molar-refractivity contribution is 7.10. The second kappa shape index (κ2) is 7.41. The topological polar surface area (TPSA) is 15.3 Å². The van der Waals surface area contributed by atoms with Crippen molar-refractivity contribution in [3.63, 3.8) is 0 Å². The number of thiophene rings is 1. The summed E-state index contributed by atoms with van der Waals surface area (Å²) < 4.78 is 0. The van der Waals surface area contributed by atoms with E-state index in [0.29, 0.717) is 6.04 Å². The average Bonchev–Trinajstić information content (AvgIpc) is 2.93. The molecule has 1 aromatic heterocycles.